The van der Waals surface area contributed by atoms with Gasteiger partial charge in [-0.1, -0.05) is 31.0 Å². The number of hydrogen-bond acceptors (Lipinski definition) is 4. The molecule has 0 saturated carbocycles. The number of rotatable bonds is 7. The minimum Gasteiger partial charge on any atom is -0.495 e. The number of nitrogens with one attached hydrogen (secondary N) is 1. The van der Waals surface area contributed by atoms with Crippen molar-refractivity contribution in [3.63, 3.8) is 0 Å². The van der Waals surface area contributed by atoms with Gasteiger partial charge >= 0.3 is 0 Å². The highest BCUT2D eigenvalue weighted by Crippen LogP contribution is 2.30. The van der Waals surface area contributed by atoms with E-state index >= 15 is 0 Å². The minimum absolute atomic E-state index is 0.0193. The predicted octanol–water partition coefficient (Wildman–Crippen LogP) is 2.67. The smallest absolute Gasteiger partial charge is 0.137 e. The van der Waals surface area contributed by atoms with Crippen LogP contribution in [0.15, 0.2) is 18.2 Å². The molecule has 0 fully saturated rings. The molecule has 0 amide bonds. The van der Waals surface area contributed by atoms with Crippen LogP contribution >= 0.6 is 11.6 Å². The zero-order valence-electron chi connectivity index (χ0n) is 11.1. The van der Waals surface area contributed by atoms with Crippen molar-refractivity contribution in [1.82, 2.24) is 5.43 Å². The molecule has 1 rings (SSSR count). The molecule has 102 valence electrons. The summed E-state index contributed by atoms with van der Waals surface area (Å²) in [4.78, 5) is 0. The molecule has 3 N–H and O–H groups in total. The summed E-state index contributed by atoms with van der Waals surface area (Å²) in [5.74, 6) is 6.28. The van der Waals surface area contributed by atoms with Crippen molar-refractivity contribution in [2.75, 3.05) is 14.2 Å². The first-order chi connectivity index (χ1) is 8.67. The Labute approximate surface area is 113 Å². The first-order valence-corrected chi connectivity index (χ1v) is 6.38. The van der Waals surface area contributed by atoms with Crippen LogP contribution in [0.2, 0.25) is 5.02 Å². The SMILES string of the molecule is CCCC(OC)C(NN)c1ccc(Cl)c(OC)c1. The van der Waals surface area contributed by atoms with E-state index in [-0.39, 0.29) is 12.1 Å². The maximum Gasteiger partial charge on any atom is 0.137 e. The summed E-state index contributed by atoms with van der Waals surface area (Å²) in [7, 11) is 3.29. The lowest BCUT2D eigenvalue weighted by molar-refractivity contribution is 0.0605. The highest BCUT2D eigenvalue weighted by atomic mass is 35.5. The van der Waals surface area contributed by atoms with Crippen LogP contribution in [0, 0.1) is 0 Å². The van der Waals surface area contributed by atoms with Gasteiger partial charge in [-0.05, 0) is 24.1 Å². The molecule has 1 aromatic carbocycles. The normalized spacial score (nSPS) is 14.3. The first kappa shape index (κ1) is 15.2. The molecule has 1 aromatic rings. The van der Waals surface area contributed by atoms with E-state index in [1.165, 1.54) is 0 Å². The van der Waals surface area contributed by atoms with Gasteiger partial charge in [0.15, 0.2) is 0 Å². The number of hydrogen-bond donors (Lipinski definition) is 2. The molecular formula is C13H21ClN2O2. The summed E-state index contributed by atoms with van der Waals surface area (Å²) in [5, 5.41) is 0.585. The molecule has 0 aromatic heterocycles. The molecule has 0 aliphatic heterocycles. The van der Waals surface area contributed by atoms with Gasteiger partial charge in [-0.3, -0.25) is 11.3 Å². The molecule has 0 aliphatic rings. The van der Waals surface area contributed by atoms with Crippen LogP contribution in [0.5, 0.6) is 5.75 Å². The zero-order chi connectivity index (χ0) is 13.5. The van der Waals surface area contributed by atoms with Crippen LogP contribution in [0.3, 0.4) is 0 Å². The molecule has 2 unspecified atom stereocenters. The molecule has 0 bridgehead atoms. The van der Waals surface area contributed by atoms with Crippen LogP contribution in [-0.4, -0.2) is 20.3 Å². The van der Waals surface area contributed by atoms with Crippen molar-refractivity contribution >= 4 is 11.6 Å². The fourth-order valence-corrected chi connectivity index (χ4v) is 2.19. The number of halogens is 1. The van der Waals surface area contributed by atoms with E-state index in [0.29, 0.717) is 10.8 Å². The Morgan fingerprint density at radius 1 is 1.39 bits per heavy atom. The van der Waals surface area contributed by atoms with Crippen LogP contribution in [0.25, 0.3) is 0 Å². The number of nitrogens with two attached hydrogens (primary N) is 1. The van der Waals surface area contributed by atoms with Crippen molar-refractivity contribution in [3.8, 4) is 5.75 Å². The van der Waals surface area contributed by atoms with Gasteiger partial charge in [0.05, 0.1) is 24.3 Å². The third-order valence-corrected chi connectivity index (χ3v) is 3.27. The molecule has 0 radical (unpaired) electrons. The summed E-state index contributed by atoms with van der Waals surface area (Å²) < 4.78 is 10.7. The lowest BCUT2D eigenvalue weighted by atomic mass is 9.98. The van der Waals surface area contributed by atoms with Gasteiger partial charge in [0.2, 0.25) is 0 Å². The average Bonchev–Trinajstić information content (AvgIpc) is 2.40. The maximum atomic E-state index is 6.01. The largest absolute Gasteiger partial charge is 0.495 e. The highest BCUT2D eigenvalue weighted by Gasteiger charge is 2.22. The highest BCUT2D eigenvalue weighted by molar-refractivity contribution is 6.32. The van der Waals surface area contributed by atoms with Crippen molar-refractivity contribution in [2.24, 2.45) is 5.84 Å². The van der Waals surface area contributed by atoms with Gasteiger partial charge in [0.1, 0.15) is 5.75 Å². The Bertz CT molecular complexity index is 374. The lowest BCUT2D eigenvalue weighted by Crippen LogP contribution is -2.37. The first-order valence-electron chi connectivity index (χ1n) is 6.00. The van der Waals surface area contributed by atoms with Crippen molar-refractivity contribution in [1.29, 1.82) is 0 Å². The Morgan fingerprint density at radius 2 is 2.11 bits per heavy atom. The van der Waals surface area contributed by atoms with Gasteiger partial charge in [-0.15, -0.1) is 0 Å². The fourth-order valence-electron chi connectivity index (χ4n) is 1.99. The average molecular weight is 273 g/mol. The van der Waals surface area contributed by atoms with Crippen molar-refractivity contribution in [2.45, 2.75) is 31.9 Å². The Kier molecular flexibility index (Phi) is 6.43. The van der Waals surface area contributed by atoms with E-state index in [2.05, 4.69) is 12.3 Å². The van der Waals surface area contributed by atoms with E-state index in [1.807, 2.05) is 12.1 Å². The molecule has 0 aliphatic carbocycles. The number of ether oxygens (including phenoxy) is 2. The van der Waals surface area contributed by atoms with E-state index in [0.717, 1.165) is 18.4 Å². The predicted molar refractivity (Wildman–Crippen MR) is 73.8 cm³/mol. The summed E-state index contributed by atoms with van der Waals surface area (Å²) >= 11 is 6.01. The van der Waals surface area contributed by atoms with Gasteiger partial charge in [-0.25, -0.2) is 0 Å². The number of methoxy groups -OCH3 is 2. The van der Waals surface area contributed by atoms with Crippen LogP contribution in [-0.2, 0) is 4.74 Å². The van der Waals surface area contributed by atoms with Gasteiger partial charge in [-0.2, -0.15) is 0 Å². The second-order valence-corrected chi connectivity index (χ2v) is 4.51. The van der Waals surface area contributed by atoms with E-state index in [1.54, 1.807) is 20.3 Å². The summed E-state index contributed by atoms with van der Waals surface area (Å²) in [5.41, 5.74) is 3.80. The van der Waals surface area contributed by atoms with E-state index in [4.69, 9.17) is 26.9 Å². The molecule has 5 heteroatoms. The standard InChI is InChI=1S/C13H21ClN2O2/c1-4-5-11(17-2)13(16-15)9-6-7-10(14)12(8-9)18-3/h6-8,11,13,16H,4-5,15H2,1-3H3. The van der Waals surface area contributed by atoms with Crippen molar-refractivity contribution in [3.05, 3.63) is 28.8 Å². The summed E-state index contributed by atoms with van der Waals surface area (Å²) in [6.45, 7) is 2.11. The third kappa shape index (κ3) is 3.59. The molecule has 4 nitrogen and oxygen atoms in total. The van der Waals surface area contributed by atoms with Gasteiger partial charge in [0.25, 0.3) is 0 Å². The number of hydrazine groups is 1. The fraction of sp³-hybridized carbons (Fsp3) is 0.538. The zero-order valence-corrected chi connectivity index (χ0v) is 11.8. The minimum atomic E-state index is -0.0823. The monoisotopic (exact) mass is 272 g/mol. The van der Waals surface area contributed by atoms with Crippen LogP contribution in [0.1, 0.15) is 31.4 Å². The molecule has 0 spiro atoms. The topological polar surface area (TPSA) is 56.5 Å². The van der Waals surface area contributed by atoms with Crippen LogP contribution in [0.4, 0.5) is 0 Å². The van der Waals surface area contributed by atoms with Crippen molar-refractivity contribution < 1.29 is 9.47 Å². The van der Waals surface area contributed by atoms with E-state index in [9.17, 15) is 0 Å². The molecule has 0 heterocycles. The Balaban J connectivity index is 3.00. The molecule has 0 saturated heterocycles. The second-order valence-electron chi connectivity index (χ2n) is 4.10. The Morgan fingerprint density at radius 3 is 2.61 bits per heavy atom. The quantitative estimate of drug-likeness (QED) is 0.592. The van der Waals surface area contributed by atoms with E-state index < -0.39 is 0 Å². The lowest BCUT2D eigenvalue weighted by Gasteiger charge is -2.26. The molecular weight excluding hydrogens is 252 g/mol. The summed E-state index contributed by atoms with van der Waals surface area (Å²) in [6.07, 6.45) is 1.98. The number of benzene rings is 1. The second kappa shape index (κ2) is 7.59. The molecule has 18 heavy (non-hydrogen) atoms. The maximum absolute atomic E-state index is 6.01. The van der Waals surface area contributed by atoms with Gasteiger partial charge in [0, 0.05) is 7.11 Å². The van der Waals surface area contributed by atoms with Crippen LogP contribution < -0.4 is 16.0 Å². The molecule has 2 atom stereocenters. The Hall–Kier alpha value is -0.810. The van der Waals surface area contributed by atoms with Gasteiger partial charge < -0.3 is 9.47 Å². The summed E-state index contributed by atoms with van der Waals surface area (Å²) in [6, 6.07) is 5.53. The third-order valence-electron chi connectivity index (χ3n) is 2.96.